The minimum Gasteiger partial charge on any atom is -0.444 e. The topological polar surface area (TPSA) is 96.1 Å². The molecule has 7 nitrogen and oxygen atoms in total. The lowest BCUT2D eigenvalue weighted by atomic mass is 10.0. The Hall–Kier alpha value is -4.27. The molecule has 4 aromatic rings. The summed E-state index contributed by atoms with van der Waals surface area (Å²) in [5.74, 6) is -2.67. The number of aromatic nitrogens is 2. The standard InChI is InChI=1S/C28H28F2N4O3/c1-16-21-14-18(11-12-23(21)34-33-16)17-7-5-8-19(13-17)26(35)32-24(15-31-27(36)37-28(2,3)4)20-9-6-10-22(29)25(20)30/h5-14,24H,15H2,1-4H3,(H,31,36)(H,32,35)(H,33,34). The molecule has 0 bridgehead atoms. The molecule has 1 unspecified atom stereocenters. The quantitative estimate of drug-likeness (QED) is 0.307. The van der Waals surface area contributed by atoms with Gasteiger partial charge in [-0.15, -0.1) is 0 Å². The Morgan fingerprint density at radius 1 is 1.03 bits per heavy atom. The molecule has 0 saturated heterocycles. The molecule has 192 valence electrons. The van der Waals surface area contributed by atoms with Gasteiger partial charge in [0.15, 0.2) is 11.6 Å². The smallest absolute Gasteiger partial charge is 0.407 e. The maximum Gasteiger partial charge on any atom is 0.407 e. The lowest BCUT2D eigenvalue weighted by molar-refractivity contribution is 0.0519. The number of fused-ring (bicyclic) bond motifs is 1. The number of alkyl carbamates (subject to hydrolysis) is 1. The number of carbonyl (C=O) groups is 2. The Balaban J connectivity index is 1.58. The number of amides is 2. The van der Waals surface area contributed by atoms with Crippen molar-refractivity contribution in [1.29, 1.82) is 0 Å². The highest BCUT2D eigenvalue weighted by Crippen LogP contribution is 2.26. The van der Waals surface area contributed by atoms with E-state index in [-0.39, 0.29) is 12.1 Å². The fourth-order valence-corrected chi connectivity index (χ4v) is 3.93. The summed E-state index contributed by atoms with van der Waals surface area (Å²) < 4.78 is 33.8. The lowest BCUT2D eigenvalue weighted by Crippen LogP contribution is -2.40. The van der Waals surface area contributed by atoms with Gasteiger partial charge in [0.25, 0.3) is 5.91 Å². The lowest BCUT2D eigenvalue weighted by Gasteiger charge is -2.23. The molecule has 2 amide bonds. The van der Waals surface area contributed by atoms with Crippen LogP contribution in [-0.4, -0.2) is 34.3 Å². The van der Waals surface area contributed by atoms with Crippen LogP contribution in [0.25, 0.3) is 22.0 Å². The fourth-order valence-electron chi connectivity index (χ4n) is 3.93. The van der Waals surface area contributed by atoms with E-state index in [0.717, 1.165) is 33.8 Å². The van der Waals surface area contributed by atoms with E-state index < -0.39 is 35.3 Å². The van der Waals surface area contributed by atoms with Crippen molar-refractivity contribution in [2.45, 2.75) is 39.3 Å². The molecule has 0 aliphatic heterocycles. The van der Waals surface area contributed by atoms with E-state index in [0.29, 0.717) is 5.56 Å². The molecule has 1 atom stereocenters. The second-order valence-corrected chi connectivity index (χ2v) is 9.71. The van der Waals surface area contributed by atoms with Crippen LogP contribution in [0.3, 0.4) is 0 Å². The van der Waals surface area contributed by atoms with Crippen molar-refractivity contribution in [3.05, 3.63) is 89.1 Å². The van der Waals surface area contributed by atoms with Crippen molar-refractivity contribution in [1.82, 2.24) is 20.8 Å². The van der Waals surface area contributed by atoms with E-state index in [2.05, 4.69) is 20.8 Å². The van der Waals surface area contributed by atoms with Crippen LogP contribution in [0.2, 0.25) is 0 Å². The Kier molecular flexibility index (Phi) is 7.24. The number of aryl methyl sites for hydroxylation is 1. The number of hydrogen-bond acceptors (Lipinski definition) is 4. The summed E-state index contributed by atoms with van der Waals surface area (Å²) in [7, 11) is 0. The van der Waals surface area contributed by atoms with Crippen molar-refractivity contribution in [3.63, 3.8) is 0 Å². The van der Waals surface area contributed by atoms with Gasteiger partial charge in [-0.2, -0.15) is 5.10 Å². The van der Waals surface area contributed by atoms with E-state index >= 15 is 0 Å². The summed E-state index contributed by atoms with van der Waals surface area (Å²) in [5.41, 5.74) is 2.95. The summed E-state index contributed by atoms with van der Waals surface area (Å²) >= 11 is 0. The maximum absolute atomic E-state index is 14.6. The number of ether oxygens (including phenoxy) is 1. The molecular weight excluding hydrogens is 478 g/mol. The van der Waals surface area contributed by atoms with Gasteiger partial charge in [-0.3, -0.25) is 9.89 Å². The molecule has 4 rings (SSSR count). The van der Waals surface area contributed by atoms with Crippen molar-refractivity contribution >= 4 is 22.9 Å². The van der Waals surface area contributed by atoms with Crippen LogP contribution < -0.4 is 10.6 Å². The molecule has 0 radical (unpaired) electrons. The molecule has 0 aliphatic carbocycles. The van der Waals surface area contributed by atoms with E-state index in [9.17, 15) is 18.4 Å². The van der Waals surface area contributed by atoms with E-state index in [1.54, 1.807) is 39.0 Å². The number of benzene rings is 3. The summed E-state index contributed by atoms with van der Waals surface area (Å²) in [6.07, 6.45) is -0.740. The van der Waals surface area contributed by atoms with Crippen LogP contribution in [-0.2, 0) is 4.74 Å². The van der Waals surface area contributed by atoms with Crippen LogP contribution >= 0.6 is 0 Å². The summed E-state index contributed by atoms with van der Waals surface area (Å²) in [6.45, 7) is 6.83. The largest absolute Gasteiger partial charge is 0.444 e. The van der Waals surface area contributed by atoms with Crippen LogP contribution in [0.1, 0.15) is 48.4 Å². The Morgan fingerprint density at radius 2 is 1.76 bits per heavy atom. The number of nitrogens with zero attached hydrogens (tertiary/aromatic N) is 1. The minimum atomic E-state index is -1.10. The Labute approximate surface area is 213 Å². The van der Waals surface area contributed by atoms with Gasteiger partial charge in [0.05, 0.1) is 11.6 Å². The molecule has 0 fully saturated rings. The number of nitrogens with one attached hydrogen (secondary N) is 3. The zero-order valence-electron chi connectivity index (χ0n) is 21.0. The zero-order chi connectivity index (χ0) is 26.7. The second kappa shape index (κ2) is 10.4. The minimum absolute atomic E-state index is 0.0959. The molecular formula is C28H28F2N4O3. The van der Waals surface area contributed by atoms with Gasteiger partial charge in [-0.25, -0.2) is 13.6 Å². The van der Waals surface area contributed by atoms with E-state index in [1.165, 1.54) is 12.1 Å². The molecule has 1 heterocycles. The monoisotopic (exact) mass is 506 g/mol. The highest BCUT2D eigenvalue weighted by molar-refractivity contribution is 5.96. The Morgan fingerprint density at radius 3 is 2.51 bits per heavy atom. The molecule has 0 spiro atoms. The molecule has 3 aromatic carbocycles. The number of H-pyrrole nitrogens is 1. The van der Waals surface area contributed by atoms with Crippen molar-refractivity contribution in [3.8, 4) is 11.1 Å². The van der Waals surface area contributed by atoms with Gasteiger partial charge >= 0.3 is 6.09 Å². The SMILES string of the molecule is Cc1[nH]nc2ccc(-c3cccc(C(=O)NC(CNC(=O)OC(C)(C)C)c4cccc(F)c4F)c3)cc12. The van der Waals surface area contributed by atoms with Gasteiger partial charge in [-0.1, -0.05) is 30.3 Å². The van der Waals surface area contributed by atoms with Crippen molar-refractivity contribution < 1.29 is 23.1 Å². The third kappa shape index (κ3) is 6.11. The first-order valence-corrected chi connectivity index (χ1v) is 11.8. The molecule has 0 aliphatic rings. The first-order valence-electron chi connectivity index (χ1n) is 11.8. The fraction of sp³-hybridized carbons (Fsp3) is 0.250. The van der Waals surface area contributed by atoms with Crippen LogP contribution in [0.5, 0.6) is 0 Å². The predicted octanol–water partition coefficient (Wildman–Crippen LogP) is 5.81. The van der Waals surface area contributed by atoms with Crippen molar-refractivity contribution in [2.24, 2.45) is 0 Å². The van der Waals surface area contributed by atoms with Gasteiger partial charge in [0, 0.05) is 28.8 Å². The maximum atomic E-state index is 14.6. The van der Waals surface area contributed by atoms with Gasteiger partial charge < -0.3 is 15.4 Å². The average molecular weight is 507 g/mol. The zero-order valence-corrected chi connectivity index (χ0v) is 21.0. The first-order chi connectivity index (χ1) is 17.5. The number of carbonyl (C=O) groups excluding carboxylic acids is 2. The predicted molar refractivity (Wildman–Crippen MR) is 137 cm³/mol. The first kappa shape index (κ1) is 25.8. The summed E-state index contributed by atoms with van der Waals surface area (Å²) in [4.78, 5) is 25.4. The highest BCUT2D eigenvalue weighted by Gasteiger charge is 2.23. The average Bonchev–Trinajstić information content (AvgIpc) is 3.22. The third-order valence-corrected chi connectivity index (χ3v) is 5.71. The summed E-state index contributed by atoms with van der Waals surface area (Å²) in [6, 6.07) is 15.4. The molecule has 0 saturated carbocycles. The molecule has 37 heavy (non-hydrogen) atoms. The third-order valence-electron chi connectivity index (χ3n) is 5.71. The van der Waals surface area contributed by atoms with Crippen LogP contribution in [0, 0.1) is 18.6 Å². The van der Waals surface area contributed by atoms with E-state index in [1.807, 2.05) is 31.2 Å². The molecule has 3 N–H and O–H groups in total. The number of halogens is 2. The van der Waals surface area contributed by atoms with Crippen LogP contribution in [0.15, 0.2) is 60.7 Å². The van der Waals surface area contributed by atoms with Crippen molar-refractivity contribution in [2.75, 3.05) is 6.54 Å². The molecule has 9 heteroatoms. The number of rotatable bonds is 6. The molecule has 1 aromatic heterocycles. The second-order valence-electron chi connectivity index (χ2n) is 9.71. The normalized spacial score (nSPS) is 12.3. The van der Waals surface area contributed by atoms with Gasteiger partial charge in [0.1, 0.15) is 5.60 Å². The van der Waals surface area contributed by atoms with E-state index in [4.69, 9.17) is 4.74 Å². The number of aromatic amines is 1. The highest BCUT2D eigenvalue weighted by atomic mass is 19.2. The van der Waals surface area contributed by atoms with Crippen LogP contribution in [0.4, 0.5) is 13.6 Å². The number of hydrogen-bond donors (Lipinski definition) is 3. The van der Waals surface area contributed by atoms with Gasteiger partial charge in [-0.05, 0) is 69.2 Å². The Bertz CT molecular complexity index is 1460. The summed E-state index contributed by atoms with van der Waals surface area (Å²) in [5, 5.41) is 13.4. The van der Waals surface area contributed by atoms with Gasteiger partial charge in [0.2, 0.25) is 0 Å².